The molecule has 2 heterocycles. The summed E-state index contributed by atoms with van der Waals surface area (Å²) in [5, 5.41) is 26.1. The minimum atomic E-state index is -5.72. The zero-order valence-corrected chi connectivity index (χ0v) is 48.0. The van der Waals surface area contributed by atoms with Gasteiger partial charge in [-0.3, -0.25) is 14.5 Å². The van der Waals surface area contributed by atoms with Crippen LogP contribution in [0.25, 0.3) is 10.8 Å². The molecule has 6 aromatic rings. The van der Waals surface area contributed by atoms with Crippen molar-refractivity contribution in [1.29, 1.82) is 0 Å². The number of aromatic amines is 2. The van der Waals surface area contributed by atoms with Gasteiger partial charge < -0.3 is 34.0 Å². The number of hydrogen-bond acceptors (Lipinski definition) is 25. The first-order chi connectivity index (χ1) is 29.8. The Labute approximate surface area is 480 Å². The number of aromatic nitrogens is 6. The number of halogens is 2. The molecular weight excluding hydrogens is 1070 g/mol. The summed E-state index contributed by atoms with van der Waals surface area (Å²) < 4.78 is 156. The van der Waals surface area contributed by atoms with Crippen LogP contribution in [-0.2, 0) is 40.5 Å². The molecule has 5 N–H and O–H groups in total. The summed E-state index contributed by atoms with van der Waals surface area (Å²) in [4.78, 5) is 23.3. The van der Waals surface area contributed by atoms with Crippen molar-refractivity contribution in [3.63, 3.8) is 0 Å². The van der Waals surface area contributed by atoms with Crippen LogP contribution in [-0.4, -0.2) is 96.0 Å². The summed E-state index contributed by atoms with van der Waals surface area (Å²) in [7, 11) is -19.6. The molecule has 0 atom stereocenters. The zero-order valence-electron chi connectivity index (χ0n) is 35.2. The van der Waals surface area contributed by atoms with Gasteiger partial charge in [0.2, 0.25) is 21.8 Å². The molecule has 68 heavy (non-hydrogen) atoms. The second-order valence-corrected chi connectivity index (χ2v) is 18.1. The minimum Gasteiger partial charge on any atom is -0.870 e. The number of H-pyrrole nitrogens is 2. The number of azo groups is 2. The standard InChI is InChI=1S/C30H23Cl2N13O15S4.4Na/c1-59-29-38-25(31)36-27(40-29)34-12-3-5-16(61(47,48)49)14(9-12)42-44-22-18(63(53,54)55)7-11-8-19(64(56,57)58)23(24(46)20(11)21(22)33)45-43-15-10-13(4-6-17(15)62(50,51)52)35-28-37-26(32)39-30(41-28)60-2;;;;/h3-10,46H,33H2,1-2H3,(H,47,48,49)(H,50,51,52)(H,53,54,55)(H,56,57,58)(H,34,36,38,40)(H,35,37,39,41);;;;/q;4*+1/p-4. The Kier molecular flexibility index (Phi) is 21.9. The van der Waals surface area contributed by atoms with E-state index in [0.29, 0.717) is 18.2 Å². The molecule has 0 saturated heterocycles. The molecule has 0 radical (unpaired) electrons. The van der Waals surface area contributed by atoms with Crippen LogP contribution in [0.1, 0.15) is 0 Å². The monoisotopic (exact) mass is 1090 g/mol. The summed E-state index contributed by atoms with van der Waals surface area (Å²) in [5.41, 5.74) is -0.0156. The molecule has 2 aromatic heterocycles. The van der Waals surface area contributed by atoms with Crippen molar-refractivity contribution in [3.8, 4) is 17.8 Å². The normalized spacial score (nSPS) is 12.6. The van der Waals surface area contributed by atoms with Crippen LogP contribution in [0.3, 0.4) is 0 Å². The number of nitrogens with zero attached hydrogens (tertiary/aromatic N) is 10. The van der Waals surface area contributed by atoms with Crippen molar-refractivity contribution in [2.75, 3.05) is 20.0 Å². The second kappa shape index (κ2) is 24.2. The Bertz CT molecular complexity index is 3400. The van der Waals surface area contributed by atoms with E-state index in [-0.39, 0.29) is 163 Å². The van der Waals surface area contributed by atoms with Crippen LogP contribution in [0.15, 0.2) is 98.6 Å². The van der Waals surface area contributed by atoms with E-state index in [0.717, 1.165) is 30.3 Å². The number of rotatable bonds is 12. The first-order valence-electron chi connectivity index (χ1n) is 16.3. The molecule has 0 fully saturated rings. The van der Waals surface area contributed by atoms with E-state index < -0.39 is 105 Å². The Balaban J connectivity index is 0.00000397. The Morgan fingerprint density at radius 2 is 1.00 bits per heavy atom. The van der Waals surface area contributed by atoms with Gasteiger partial charge in [-0.25, -0.2) is 35.2 Å². The van der Waals surface area contributed by atoms with Crippen molar-refractivity contribution >= 4 is 114 Å². The predicted octanol–water partition coefficient (Wildman–Crippen LogP) is -9.67. The fraction of sp³-hybridized carbons (Fsp3) is 0.0667. The molecule has 0 aliphatic carbocycles. The van der Waals surface area contributed by atoms with E-state index in [1.807, 2.05) is 0 Å². The molecule has 0 aliphatic rings. The maximum atomic E-state index is 14.1. The van der Waals surface area contributed by atoms with Crippen molar-refractivity contribution in [2.24, 2.45) is 30.4 Å². The molecule has 0 spiro atoms. The number of hydrogen-bond donors (Lipinski definition) is 4. The molecule has 0 bridgehead atoms. The van der Waals surface area contributed by atoms with Gasteiger partial charge in [0.1, 0.15) is 52.3 Å². The number of nitrogen functional groups attached to an aromatic ring is 1. The number of ether oxygens (including phenoxy) is 2. The SMILES string of the molecule is COc1nc(Cl)nc(=Nc2ccc(S(=O)(=O)[O-])c(N=Nc3c(S(=O)(=O)[O-])cc4cc(S(=O)(=O)O)c(N=Nc5cc(N=c6nc(Cl)nc(OC)[nH]6)ccc5S(=O)(=O)[O-])c([O-])c4c3N)c2)[nH]1.[Na+].[Na+].[Na+].[Na+]. The minimum absolute atomic E-state index is 0. The summed E-state index contributed by atoms with van der Waals surface area (Å²) in [5.74, 6) is -1.60. The van der Waals surface area contributed by atoms with Gasteiger partial charge in [-0.15, -0.1) is 20.5 Å². The summed E-state index contributed by atoms with van der Waals surface area (Å²) in [6, 6.07) is 5.61. The molecule has 0 amide bonds. The molecule has 0 saturated carbocycles. The Hall–Kier alpha value is -2.62. The Morgan fingerprint density at radius 1 is 0.603 bits per heavy atom. The fourth-order valence-electron chi connectivity index (χ4n) is 5.26. The van der Waals surface area contributed by atoms with E-state index >= 15 is 0 Å². The van der Waals surface area contributed by atoms with Crippen LogP contribution < -0.4 is 150 Å². The van der Waals surface area contributed by atoms with Crippen LogP contribution in [0.2, 0.25) is 10.6 Å². The summed E-state index contributed by atoms with van der Waals surface area (Å²) in [6.45, 7) is 0. The molecule has 0 unspecified atom stereocenters. The van der Waals surface area contributed by atoms with Gasteiger partial charge in [-0.2, -0.15) is 28.4 Å². The number of nitrogens with one attached hydrogen (secondary N) is 2. The van der Waals surface area contributed by atoms with E-state index in [9.17, 15) is 57.0 Å². The van der Waals surface area contributed by atoms with Gasteiger partial charge in [0.05, 0.1) is 51.7 Å². The molecule has 0 aliphatic heterocycles. The van der Waals surface area contributed by atoms with E-state index in [4.69, 9.17) is 38.4 Å². The fourth-order valence-corrected chi connectivity index (χ4v) is 8.06. The van der Waals surface area contributed by atoms with E-state index in [1.165, 1.54) is 14.2 Å². The number of anilines is 1. The average Bonchev–Trinajstić information content (AvgIpc) is 3.17. The molecule has 4 aromatic carbocycles. The molecule has 28 nitrogen and oxygen atoms in total. The number of nitrogens with two attached hydrogens (primary N) is 1. The first kappa shape index (κ1) is 61.5. The molecule has 336 valence electrons. The van der Waals surface area contributed by atoms with Gasteiger partial charge in [0, 0.05) is 5.39 Å². The van der Waals surface area contributed by atoms with E-state index in [1.54, 1.807) is 0 Å². The van der Waals surface area contributed by atoms with E-state index in [2.05, 4.69) is 60.3 Å². The molecule has 6 rings (SSSR count). The maximum absolute atomic E-state index is 14.1. The largest absolute Gasteiger partial charge is 1.00 e. The van der Waals surface area contributed by atoms with Crippen LogP contribution >= 0.6 is 23.2 Å². The topological polar surface area (TPSA) is 451 Å². The van der Waals surface area contributed by atoms with Crippen molar-refractivity contribution in [3.05, 3.63) is 70.3 Å². The van der Waals surface area contributed by atoms with Gasteiger partial charge in [-0.05, 0) is 77.1 Å². The zero-order chi connectivity index (χ0) is 47.1. The summed E-state index contributed by atoms with van der Waals surface area (Å²) >= 11 is 11.7. The predicted molar refractivity (Wildman–Crippen MR) is 209 cm³/mol. The smallest absolute Gasteiger partial charge is 0.870 e. The third-order valence-electron chi connectivity index (χ3n) is 7.86. The van der Waals surface area contributed by atoms with Gasteiger partial charge in [0.25, 0.3) is 22.1 Å². The number of benzene rings is 4. The van der Waals surface area contributed by atoms with Crippen molar-refractivity contribution < 1.29 is 185 Å². The number of fused-ring (bicyclic) bond motifs is 1. The molecular formula is C30H19Cl2N13Na4O15S4. The third-order valence-corrected chi connectivity index (χ3v) is 11.7. The number of methoxy groups -OCH3 is 2. The Morgan fingerprint density at radius 3 is 1.38 bits per heavy atom. The quantitative estimate of drug-likeness (QED) is 0.0383. The average molecular weight is 1090 g/mol. The summed E-state index contributed by atoms with van der Waals surface area (Å²) in [6.07, 6.45) is 0. The maximum Gasteiger partial charge on any atom is 1.00 e. The third kappa shape index (κ3) is 14.7. The van der Waals surface area contributed by atoms with Crippen LogP contribution in [0.4, 0.5) is 39.8 Å². The first-order valence-corrected chi connectivity index (χ1v) is 22.7. The van der Waals surface area contributed by atoms with Crippen molar-refractivity contribution in [1.82, 2.24) is 29.9 Å². The second-order valence-electron chi connectivity index (χ2n) is 12.0. The van der Waals surface area contributed by atoms with Crippen LogP contribution in [0.5, 0.6) is 17.8 Å². The van der Waals surface area contributed by atoms with Crippen molar-refractivity contribution in [2.45, 2.75) is 19.6 Å². The molecule has 38 heteroatoms. The van der Waals surface area contributed by atoms with Gasteiger partial charge in [0.15, 0.2) is 0 Å². The van der Waals surface area contributed by atoms with Gasteiger partial charge in [-0.1, -0.05) is 5.75 Å². The van der Waals surface area contributed by atoms with Gasteiger partial charge >= 0.3 is 118 Å². The van der Waals surface area contributed by atoms with Crippen LogP contribution in [0, 0.1) is 0 Å².